The Bertz CT molecular complexity index is 647. The lowest BCUT2D eigenvalue weighted by molar-refractivity contribution is -0.0405. The molecule has 1 aromatic heterocycles. The van der Waals surface area contributed by atoms with Gasteiger partial charge < -0.3 is 9.64 Å². The molecule has 1 aromatic carbocycles. The van der Waals surface area contributed by atoms with Gasteiger partial charge in [0.15, 0.2) is 0 Å². The molecule has 0 N–H and O–H groups in total. The van der Waals surface area contributed by atoms with E-state index in [0.29, 0.717) is 0 Å². The monoisotopic (exact) mass is 319 g/mol. The highest BCUT2D eigenvalue weighted by atomic mass is 35.5. The van der Waals surface area contributed by atoms with Crippen LogP contribution in [0.4, 0.5) is 0 Å². The predicted molar refractivity (Wildman–Crippen MR) is 90.3 cm³/mol. The van der Waals surface area contributed by atoms with Crippen LogP contribution in [0.3, 0.4) is 0 Å². The zero-order valence-corrected chi connectivity index (χ0v) is 13.9. The first-order chi connectivity index (χ1) is 10.6. The molecule has 1 fully saturated rings. The van der Waals surface area contributed by atoms with Gasteiger partial charge in [0.2, 0.25) is 0 Å². The Labute approximate surface area is 136 Å². The van der Waals surface area contributed by atoms with Gasteiger partial charge in [0, 0.05) is 48.3 Å². The van der Waals surface area contributed by atoms with Crippen LogP contribution < -0.4 is 0 Å². The minimum atomic E-state index is 0.255. The number of hydrogen-bond donors (Lipinski definition) is 0. The van der Waals surface area contributed by atoms with Gasteiger partial charge in [-0.3, -0.25) is 9.88 Å². The van der Waals surface area contributed by atoms with Crippen LogP contribution in [0, 0.1) is 0 Å². The van der Waals surface area contributed by atoms with Gasteiger partial charge in [-0.05, 0) is 26.2 Å². The second-order valence-electron chi connectivity index (χ2n) is 6.09. The van der Waals surface area contributed by atoms with Gasteiger partial charge in [-0.25, -0.2) is 0 Å². The van der Waals surface area contributed by atoms with Gasteiger partial charge in [-0.2, -0.15) is 0 Å². The van der Waals surface area contributed by atoms with Crippen molar-refractivity contribution in [3.63, 3.8) is 0 Å². The van der Waals surface area contributed by atoms with Crippen molar-refractivity contribution in [2.75, 3.05) is 40.3 Å². The molecule has 4 nitrogen and oxygen atoms in total. The van der Waals surface area contributed by atoms with Crippen LogP contribution in [-0.4, -0.2) is 61.2 Å². The minimum Gasteiger partial charge on any atom is -0.374 e. The fourth-order valence-corrected chi connectivity index (χ4v) is 3.21. The lowest BCUT2D eigenvalue weighted by Crippen LogP contribution is -2.46. The molecule has 1 aliphatic rings. The third-order valence-electron chi connectivity index (χ3n) is 4.00. The molecule has 1 aliphatic heterocycles. The van der Waals surface area contributed by atoms with Gasteiger partial charge in [-0.1, -0.05) is 23.7 Å². The van der Waals surface area contributed by atoms with Gasteiger partial charge in [0.1, 0.15) is 0 Å². The number of ether oxygens (including phenoxy) is 1. The van der Waals surface area contributed by atoms with E-state index in [0.717, 1.165) is 54.3 Å². The van der Waals surface area contributed by atoms with Crippen molar-refractivity contribution < 1.29 is 4.74 Å². The molecule has 1 atom stereocenters. The molecular weight excluding hydrogens is 298 g/mol. The highest BCUT2D eigenvalue weighted by Gasteiger charge is 2.22. The van der Waals surface area contributed by atoms with Crippen LogP contribution in [0.2, 0.25) is 5.02 Å². The molecular formula is C17H22ClN3O. The summed E-state index contributed by atoms with van der Waals surface area (Å²) in [6.45, 7) is 4.40. The van der Waals surface area contributed by atoms with E-state index in [1.807, 2.05) is 24.4 Å². The van der Waals surface area contributed by atoms with Crippen molar-refractivity contribution >= 4 is 22.5 Å². The fourth-order valence-electron chi connectivity index (χ4n) is 3.00. The molecule has 0 saturated carbocycles. The lowest BCUT2D eigenvalue weighted by Gasteiger charge is -2.34. The normalized spacial score (nSPS) is 19.9. The minimum absolute atomic E-state index is 0.255. The zero-order chi connectivity index (χ0) is 15.5. The molecule has 2 aromatic rings. The summed E-state index contributed by atoms with van der Waals surface area (Å²) >= 11 is 6.44. The van der Waals surface area contributed by atoms with Crippen LogP contribution in [0.15, 0.2) is 30.5 Å². The first-order valence-corrected chi connectivity index (χ1v) is 8.02. The number of nitrogens with zero attached hydrogens (tertiary/aromatic N) is 3. The third-order valence-corrected chi connectivity index (χ3v) is 4.35. The molecule has 22 heavy (non-hydrogen) atoms. The van der Waals surface area contributed by atoms with E-state index >= 15 is 0 Å². The summed E-state index contributed by atoms with van der Waals surface area (Å²) in [4.78, 5) is 9.10. The fraction of sp³-hybridized carbons (Fsp3) is 0.471. The molecule has 0 spiro atoms. The Morgan fingerprint density at radius 1 is 1.36 bits per heavy atom. The first kappa shape index (κ1) is 15.7. The Kier molecular flexibility index (Phi) is 4.93. The van der Waals surface area contributed by atoms with E-state index in [9.17, 15) is 0 Å². The van der Waals surface area contributed by atoms with Crippen molar-refractivity contribution in [2.45, 2.75) is 12.6 Å². The van der Waals surface area contributed by atoms with Crippen LogP contribution >= 0.6 is 11.6 Å². The number of pyridine rings is 1. The summed E-state index contributed by atoms with van der Waals surface area (Å²) in [5, 5.41) is 1.93. The Morgan fingerprint density at radius 3 is 3.05 bits per heavy atom. The number of rotatable bonds is 4. The smallest absolute Gasteiger partial charge is 0.0829 e. The van der Waals surface area contributed by atoms with Crippen LogP contribution in [0.5, 0.6) is 0 Å². The van der Waals surface area contributed by atoms with Crippen molar-refractivity contribution in [2.24, 2.45) is 0 Å². The van der Waals surface area contributed by atoms with Crippen molar-refractivity contribution in [1.29, 1.82) is 0 Å². The Balaban J connectivity index is 1.79. The molecule has 118 valence electrons. The summed E-state index contributed by atoms with van der Waals surface area (Å²) in [5.74, 6) is 0. The van der Waals surface area contributed by atoms with E-state index in [1.54, 1.807) is 0 Å². The van der Waals surface area contributed by atoms with E-state index in [2.05, 4.69) is 34.9 Å². The standard InChI is InChI=1S/C17H22ClN3O/c1-20(2)10-14-11-21(8-9-22-14)12-15-16(18)6-5-13-4-3-7-19-17(13)15/h3-7,14H,8-12H2,1-2H3/t14-/m0/s1. The lowest BCUT2D eigenvalue weighted by atomic mass is 10.1. The second kappa shape index (κ2) is 6.92. The maximum absolute atomic E-state index is 6.44. The van der Waals surface area contributed by atoms with Crippen LogP contribution in [0.1, 0.15) is 5.56 Å². The number of likely N-dealkylation sites (N-methyl/N-ethyl adjacent to an activating group) is 1. The number of halogens is 1. The third kappa shape index (κ3) is 3.58. The van der Waals surface area contributed by atoms with Gasteiger partial charge in [-0.15, -0.1) is 0 Å². The molecule has 0 unspecified atom stereocenters. The van der Waals surface area contributed by atoms with Crippen molar-refractivity contribution in [3.8, 4) is 0 Å². The van der Waals surface area contributed by atoms with E-state index < -0.39 is 0 Å². The Hall–Kier alpha value is -1.20. The van der Waals surface area contributed by atoms with E-state index in [-0.39, 0.29) is 6.10 Å². The summed E-state index contributed by atoms with van der Waals surface area (Å²) in [6, 6.07) is 8.04. The van der Waals surface area contributed by atoms with E-state index in [1.165, 1.54) is 0 Å². The molecule has 5 heteroatoms. The van der Waals surface area contributed by atoms with Crippen molar-refractivity contribution in [1.82, 2.24) is 14.8 Å². The molecule has 1 saturated heterocycles. The van der Waals surface area contributed by atoms with E-state index in [4.69, 9.17) is 16.3 Å². The highest BCUT2D eigenvalue weighted by molar-refractivity contribution is 6.32. The molecule has 0 aliphatic carbocycles. The maximum Gasteiger partial charge on any atom is 0.0829 e. The SMILES string of the molecule is CN(C)C[C@H]1CN(Cc2c(Cl)ccc3cccnc23)CCO1. The number of hydrogen-bond acceptors (Lipinski definition) is 4. The molecule has 0 radical (unpaired) electrons. The average molecular weight is 320 g/mol. The quantitative estimate of drug-likeness (QED) is 0.866. The predicted octanol–water partition coefficient (Wildman–Crippen LogP) is 2.65. The van der Waals surface area contributed by atoms with Crippen LogP contribution in [0.25, 0.3) is 10.9 Å². The summed E-state index contributed by atoms with van der Waals surface area (Å²) < 4.78 is 5.84. The Morgan fingerprint density at radius 2 is 2.23 bits per heavy atom. The largest absolute Gasteiger partial charge is 0.374 e. The topological polar surface area (TPSA) is 28.6 Å². The van der Waals surface area contributed by atoms with Gasteiger partial charge in [0.25, 0.3) is 0 Å². The molecule has 2 heterocycles. The van der Waals surface area contributed by atoms with Crippen LogP contribution in [-0.2, 0) is 11.3 Å². The average Bonchev–Trinajstić information content (AvgIpc) is 2.50. The maximum atomic E-state index is 6.44. The van der Waals surface area contributed by atoms with Gasteiger partial charge in [0.05, 0.1) is 18.2 Å². The summed E-state index contributed by atoms with van der Waals surface area (Å²) in [7, 11) is 4.15. The zero-order valence-electron chi connectivity index (χ0n) is 13.1. The number of aromatic nitrogens is 1. The molecule has 3 rings (SSSR count). The molecule has 0 bridgehead atoms. The summed E-state index contributed by atoms with van der Waals surface area (Å²) in [6.07, 6.45) is 2.08. The van der Waals surface area contributed by atoms with Gasteiger partial charge >= 0.3 is 0 Å². The second-order valence-corrected chi connectivity index (χ2v) is 6.50. The highest BCUT2D eigenvalue weighted by Crippen LogP contribution is 2.26. The number of morpholine rings is 1. The summed E-state index contributed by atoms with van der Waals surface area (Å²) in [5.41, 5.74) is 2.12. The number of benzene rings is 1. The number of fused-ring (bicyclic) bond motifs is 1. The molecule has 0 amide bonds. The first-order valence-electron chi connectivity index (χ1n) is 7.64. The van der Waals surface area contributed by atoms with Crippen molar-refractivity contribution in [3.05, 3.63) is 41.0 Å².